The topological polar surface area (TPSA) is 62.0 Å². The van der Waals surface area contributed by atoms with Crippen molar-refractivity contribution in [3.63, 3.8) is 0 Å². The fourth-order valence-electron chi connectivity index (χ4n) is 3.79. The van der Waals surface area contributed by atoms with Crippen LogP contribution < -0.4 is 4.72 Å². The van der Waals surface area contributed by atoms with Gasteiger partial charge < -0.3 is 4.98 Å². The molecule has 1 aromatic heterocycles. The fraction of sp³-hybridized carbons (Fsp3) is 0.333. The first-order chi connectivity index (χ1) is 12.5. The third kappa shape index (κ3) is 3.41. The molecule has 1 aliphatic rings. The average Bonchev–Trinajstić information content (AvgIpc) is 3.06. The van der Waals surface area contributed by atoms with Gasteiger partial charge >= 0.3 is 0 Å². The van der Waals surface area contributed by atoms with Gasteiger partial charge in [-0.3, -0.25) is 0 Å². The third-order valence-electron chi connectivity index (χ3n) is 5.25. The van der Waals surface area contributed by atoms with Crippen molar-refractivity contribution in [2.24, 2.45) is 0 Å². The van der Waals surface area contributed by atoms with E-state index >= 15 is 0 Å². The molecule has 0 aliphatic heterocycles. The van der Waals surface area contributed by atoms with Crippen LogP contribution in [-0.2, 0) is 10.0 Å². The Labute approximate surface area is 154 Å². The molecular weight excluding hydrogens is 344 g/mol. The van der Waals surface area contributed by atoms with Gasteiger partial charge in [0, 0.05) is 22.6 Å². The van der Waals surface area contributed by atoms with Crippen LogP contribution in [0.3, 0.4) is 0 Å². The van der Waals surface area contributed by atoms with E-state index in [1.807, 2.05) is 43.3 Å². The molecule has 0 unspecified atom stereocenters. The van der Waals surface area contributed by atoms with E-state index in [0.717, 1.165) is 53.4 Å². The summed E-state index contributed by atoms with van der Waals surface area (Å²) >= 11 is 0. The minimum atomic E-state index is -3.52. The number of H-pyrrole nitrogens is 1. The Morgan fingerprint density at radius 3 is 2.54 bits per heavy atom. The van der Waals surface area contributed by atoms with Gasteiger partial charge in [-0.05, 0) is 49.1 Å². The van der Waals surface area contributed by atoms with Crippen molar-refractivity contribution in [1.82, 2.24) is 9.71 Å². The Balaban J connectivity index is 1.69. The first-order valence-corrected chi connectivity index (χ1v) is 10.7. The predicted octanol–water partition coefficient (Wildman–Crippen LogP) is 4.75. The number of aromatic nitrogens is 1. The van der Waals surface area contributed by atoms with Crippen molar-refractivity contribution in [3.05, 3.63) is 54.1 Å². The molecule has 0 amide bonds. The zero-order valence-corrected chi connectivity index (χ0v) is 15.8. The molecule has 5 heteroatoms. The number of hydrogen-bond donors (Lipinski definition) is 2. The number of rotatable bonds is 4. The van der Waals surface area contributed by atoms with Gasteiger partial charge in [-0.25, -0.2) is 13.1 Å². The Morgan fingerprint density at radius 1 is 1.00 bits per heavy atom. The maximum atomic E-state index is 13.0. The number of aromatic amines is 1. The highest BCUT2D eigenvalue weighted by atomic mass is 32.2. The number of fused-ring (bicyclic) bond motifs is 1. The van der Waals surface area contributed by atoms with Crippen LogP contribution in [0.1, 0.15) is 37.7 Å². The molecule has 1 fully saturated rings. The largest absolute Gasteiger partial charge is 0.355 e. The van der Waals surface area contributed by atoms with Crippen LogP contribution in [-0.4, -0.2) is 19.4 Å². The zero-order chi connectivity index (χ0) is 18.1. The van der Waals surface area contributed by atoms with Crippen molar-refractivity contribution in [3.8, 4) is 11.3 Å². The molecule has 3 aromatic rings. The fourth-order valence-corrected chi connectivity index (χ4v) is 5.36. The average molecular weight is 369 g/mol. The maximum Gasteiger partial charge on any atom is 0.241 e. The molecule has 0 saturated heterocycles. The number of hydrogen-bond acceptors (Lipinski definition) is 2. The predicted molar refractivity (Wildman–Crippen MR) is 106 cm³/mol. The van der Waals surface area contributed by atoms with E-state index in [1.165, 1.54) is 6.42 Å². The highest BCUT2D eigenvalue weighted by Gasteiger charge is 2.23. The second-order valence-corrected chi connectivity index (χ2v) is 8.89. The molecule has 0 spiro atoms. The Morgan fingerprint density at radius 2 is 1.77 bits per heavy atom. The Kier molecular flexibility index (Phi) is 4.59. The van der Waals surface area contributed by atoms with E-state index in [0.29, 0.717) is 4.90 Å². The molecule has 0 atom stereocenters. The first-order valence-electron chi connectivity index (χ1n) is 9.24. The van der Waals surface area contributed by atoms with E-state index in [2.05, 4.69) is 15.8 Å². The van der Waals surface area contributed by atoms with Crippen LogP contribution in [0.4, 0.5) is 0 Å². The third-order valence-corrected chi connectivity index (χ3v) is 6.91. The molecule has 1 saturated carbocycles. The van der Waals surface area contributed by atoms with Gasteiger partial charge in [0.05, 0.1) is 4.90 Å². The van der Waals surface area contributed by atoms with E-state index in [4.69, 9.17) is 0 Å². The van der Waals surface area contributed by atoms with Crippen molar-refractivity contribution in [1.29, 1.82) is 0 Å². The second kappa shape index (κ2) is 6.89. The highest BCUT2D eigenvalue weighted by Crippen LogP contribution is 2.28. The molecule has 4 nitrogen and oxygen atoms in total. The lowest BCUT2D eigenvalue weighted by atomic mass is 9.96. The van der Waals surface area contributed by atoms with Crippen molar-refractivity contribution in [2.45, 2.75) is 50.0 Å². The summed E-state index contributed by atoms with van der Waals surface area (Å²) in [5, 5.41) is 1.12. The number of para-hydroxylation sites is 1. The van der Waals surface area contributed by atoms with Crippen LogP contribution >= 0.6 is 0 Å². The Bertz CT molecular complexity index is 998. The van der Waals surface area contributed by atoms with E-state index in [9.17, 15) is 8.42 Å². The van der Waals surface area contributed by atoms with Crippen molar-refractivity contribution in [2.75, 3.05) is 0 Å². The summed E-state index contributed by atoms with van der Waals surface area (Å²) in [6.07, 6.45) is 5.26. The van der Waals surface area contributed by atoms with Gasteiger partial charge in [-0.1, -0.05) is 49.6 Å². The van der Waals surface area contributed by atoms with E-state index < -0.39 is 10.0 Å². The monoisotopic (exact) mass is 368 g/mol. The van der Waals surface area contributed by atoms with Crippen LogP contribution in [0.5, 0.6) is 0 Å². The number of benzene rings is 2. The molecule has 26 heavy (non-hydrogen) atoms. The van der Waals surface area contributed by atoms with Crippen LogP contribution in [0.25, 0.3) is 22.2 Å². The Hall–Kier alpha value is -2.11. The molecule has 0 bridgehead atoms. The summed E-state index contributed by atoms with van der Waals surface area (Å²) in [4.78, 5) is 3.75. The lowest BCUT2D eigenvalue weighted by Crippen LogP contribution is -2.36. The summed E-state index contributed by atoms with van der Waals surface area (Å²) < 4.78 is 28.8. The number of nitrogens with one attached hydrogen (secondary N) is 2. The SMILES string of the molecule is Cc1ccc(-c2cc3ccccc3[nH]2)cc1S(=O)(=O)NC1CCCCC1. The molecule has 4 rings (SSSR count). The normalized spacial score (nSPS) is 16.2. The first kappa shape index (κ1) is 17.3. The quantitative estimate of drug-likeness (QED) is 0.698. The zero-order valence-electron chi connectivity index (χ0n) is 15.0. The molecule has 1 aliphatic carbocycles. The number of sulfonamides is 1. The van der Waals surface area contributed by atoms with Crippen LogP contribution in [0, 0.1) is 6.92 Å². The van der Waals surface area contributed by atoms with Crippen molar-refractivity contribution < 1.29 is 8.42 Å². The minimum Gasteiger partial charge on any atom is -0.355 e. The highest BCUT2D eigenvalue weighted by molar-refractivity contribution is 7.89. The molecule has 2 aromatic carbocycles. The van der Waals surface area contributed by atoms with Crippen LogP contribution in [0.15, 0.2) is 53.4 Å². The van der Waals surface area contributed by atoms with Gasteiger partial charge in [-0.15, -0.1) is 0 Å². The lowest BCUT2D eigenvalue weighted by molar-refractivity contribution is 0.412. The molecule has 1 heterocycles. The van der Waals surface area contributed by atoms with Gasteiger partial charge in [-0.2, -0.15) is 0 Å². The summed E-state index contributed by atoms with van der Waals surface area (Å²) in [6, 6.07) is 15.8. The minimum absolute atomic E-state index is 0.0601. The number of aryl methyl sites for hydroxylation is 1. The maximum absolute atomic E-state index is 13.0. The van der Waals surface area contributed by atoms with Crippen molar-refractivity contribution >= 4 is 20.9 Å². The van der Waals surface area contributed by atoms with Gasteiger partial charge in [0.25, 0.3) is 0 Å². The standard InChI is InChI=1S/C21H24N2O2S/c1-15-11-12-17(20-13-16-7-5-6-10-19(16)22-20)14-21(15)26(24,25)23-18-8-3-2-4-9-18/h5-7,10-14,18,22-23H,2-4,8-9H2,1H3. The molecule has 136 valence electrons. The molecule has 0 radical (unpaired) electrons. The van der Waals surface area contributed by atoms with E-state index in [1.54, 1.807) is 6.07 Å². The summed E-state index contributed by atoms with van der Waals surface area (Å²) in [5.74, 6) is 0. The smallest absolute Gasteiger partial charge is 0.241 e. The second-order valence-electron chi connectivity index (χ2n) is 7.21. The molecular formula is C21H24N2O2S. The lowest BCUT2D eigenvalue weighted by Gasteiger charge is -2.23. The summed E-state index contributed by atoms with van der Waals surface area (Å²) in [6.45, 7) is 1.85. The van der Waals surface area contributed by atoms with Gasteiger partial charge in [0.1, 0.15) is 0 Å². The molecule has 2 N–H and O–H groups in total. The summed E-state index contributed by atoms with van der Waals surface area (Å²) in [7, 11) is -3.52. The summed E-state index contributed by atoms with van der Waals surface area (Å²) in [5.41, 5.74) is 3.64. The van der Waals surface area contributed by atoms with Gasteiger partial charge in [0.2, 0.25) is 10.0 Å². The van der Waals surface area contributed by atoms with E-state index in [-0.39, 0.29) is 6.04 Å². The van der Waals surface area contributed by atoms with Gasteiger partial charge in [0.15, 0.2) is 0 Å². The van der Waals surface area contributed by atoms with Crippen LogP contribution in [0.2, 0.25) is 0 Å².